The lowest BCUT2D eigenvalue weighted by molar-refractivity contribution is -0.151. The van der Waals surface area contributed by atoms with Crippen LogP contribution in [0.5, 0.6) is 11.5 Å². The average molecular weight is 426 g/mol. The number of rotatable bonds is 7. The van der Waals surface area contributed by atoms with Crippen molar-refractivity contribution in [2.24, 2.45) is 5.92 Å². The van der Waals surface area contributed by atoms with Gasteiger partial charge in [-0.3, -0.25) is 9.69 Å². The van der Waals surface area contributed by atoms with Crippen LogP contribution in [-0.4, -0.2) is 44.8 Å². The number of hydrogen-bond acceptors (Lipinski definition) is 5. The molecular formula is C23H36ClNO4. The molecule has 3 rings (SSSR count). The van der Waals surface area contributed by atoms with Crippen LogP contribution >= 0.6 is 12.4 Å². The van der Waals surface area contributed by atoms with Crippen LogP contribution in [-0.2, 0) is 21.5 Å². The molecule has 1 aliphatic carbocycles. The summed E-state index contributed by atoms with van der Waals surface area (Å²) in [6.07, 6.45) is 6.78. The molecule has 1 aromatic carbocycles. The number of esters is 1. The molecule has 0 aromatic heterocycles. The number of benzene rings is 1. The molecule has 164 valence electrons. The van der Waals surface area contributed by atoms with Crippen LogP contribution in [0.25, 0.3) is 0 Å². The van der Waals surface area contributed by atoms with E-state index in [1.165, 1.54) is 11.1 Å². The Bertz CT molecular complexity index is 686. The fourth-order valence-electron chi connectivity index (χ4n) is 5.03. The minimum Gasteiger partial charge on any atom is -0.493 e. The lowest BCUT2D eigenvalue weighted by Crippen LogP contribution is -2.53. The van der Waals surface area contributed by atoms with Gasteiger partial charge in [-0.05, 0) is 74.8 Å². The van der Waals surface area contributed by atoms with Crippen molar-refractivity contribution >= 4 is 18.4 Å². The second kappa shape index (κ2) is 10.5. The maximum Gasteiger partial charge on any atom is 0.308 e. The van der Waals surface area contributed by atoms with Crippen LogP contribution in [0.2, 0.25) is 0 Å². The van der Waals surface area contributed by atoms with Gasteiger partial charge in [-0.1, -0.05) is 13.8 Å². The van der Waals surface area contributed by atoms with Crippen molar-refractivity contribution < 1.29 is 19.0 Å². The van der Waals surface area contributed by atoms with Crippen molar-refractivity contribution in [3.8, 4) is 11.5 Å². The summed E-state index contributed by atoms with van der Waals surface area (Å²) in [6.45, 7) is 6.94. The number of methoxy groups -OCH3 is 2. The van der Waals surface area contributed by atoms with Gasteiger partial charge in [0.2, 0.25) is 0 Å². The SMILES string of the molecule is CCCOC(=O)C1CCC2(CC1)c1cc(OC)c(OC)cc1CCN2CCC.Cl. The smallest absolute Gasteiger partial charge is 0.308 e. The van der Waals surface area contributed by atoms with Crippen LogP contribution in [0.15, 0.2) is 12.1 Å². The van der Waals surface area contributed by atoms with E-state index in [1.807, 2.05) is 6.92 Å². The van der Waals surface area contributed by atoms with Gasteiger partial charge in [-0.2, -0.15) is 0 Å². The molecule has 5 nitrogen and oxygen atoms in total. The number of halogens is 1. The normalized spacial score (nSPS) is 23.8. The van der Waals surface area contributed by atoms with E-state index in [4.69, 9.17) is 14.2 Å². The molecule has 29 heavy (non-hydrogen) atoms. The Morgan fingerprint density at radius 2 is 1.76 bits per heavy atom. The largest absolute Gasteiger partial charge is 0.493 e. The molecule has 1 aromatic rings. The molecular weight excluding hydrogens is 390 g/mol. The maximum absolute atomic E-state index is 12.4. The number of carbonyl (C=O) groups excluding carboxylic acids is 1. The zero-order valence-electron chi connectivity index (χ0n) is 18.3. The summed E-state index contributed by atoms with van der Waals surface area (Å²) >= 11 is 0. The zero-order chi connectivity index (χ0) is 20.1. The number of fused-ring (bicyclic) bond motifs is 2. The lowest BCUT2D eigenvalue weighted by Gasteiger charge is -2.51. The first-order valence-electron chi connectivity index (χ1n) is 10.8. The van der Waals surface area contributed by atoms with Crippen LogP contribution < -0.4 is 9.47 Å². The molecule has 1 saturated carbocycles. The van der Waals surface area contributed by atoms with Crippen molar-refractivity contribution in [3.63, 3.8) is 0 Å². The summed E-state index contributed by atoms with van der Waals surface area (Å²) in [6, 6.07) is 4.34. The predicted molar refractivity (Wildman–Crippen MR) is 117 cm³/mol. The molecule has 1 fully saturated rings. The highest BCUT2D eigenvalue weighted by Crippen LogP contribution is 2.50. The monoisotopic (exact) mass is 425 g/mol. The van der Waals surface area contributed by atoms with Crippen molar-refractivity contribution in [1.82, 2.24) is 4.90 Å². The molecule has 0 atom stereocenters. The van der Waals surface area contributed by atoms with E-state index in [0.717, 1.165) is 69.5 Å². The quantitative estimate of drug-likeness (QED) is 0.591. The number of carbonyl (C=O) groups is 1. The Morgan fingerprint density at radius 3 is 2.34 bits per heavy atom. The van der Waals surface area contributed by atoms with Gasteiger partial charge in [0.15, 0.2) is 11.5 Å². The molecule has 1 heterocycles. The van der Waals surface area contributed by atoms with E-state index >= 15 is 0 Å². The van der Waals surface area contributed by atoms with E-state index in [0.29, 0.717) is 6.61 Å². The Kier molecular flexibility index (Phi) is 8.65. The fourth-order valence-corrected chi connectivity index (χ4v) is 5.03. The van der Waals surface area contributed by atoms with Crippen molar-refractivity contribution in [2.75, 3.05) is 33.9 Å². The van der Waals surface area contributed by atoms with Gasteiger partial charge in [-0.15, -0.1) is 12.4 Å². The zero-order valence-corrected chi connectivity index (χ0v) is 19.1. The van der Waals surface area contributed by atoms with E-state index in [2.05, 4.69) is 24.0 Å². The van der Waals surface area contributed by atoms with Gasteiger partial charge >= 0.3 is 5.97 Å². The molecule has 0 N–H and O–H groups in total. The van der Waals surface area contributed by atoms with Crippen molar-refractivity contribution in [2.45, 2.75) is 64.3 Å². The Balaban J connectivity index is 0.00000300. The third-order valence-electron chi connectivity index (χ3n) is 6.46. The molecule has 0 bridgehead atoms. The summed E-state index contributed by atoms with van der Waals surface area (Å²) in [4.78, 5) is 15.0. The standard InChI is InChI=1S/C23H35NO4.ClH/c1-5-12-24-13-9-18-15-20(26-3)21(27-4)16-19(18)23(24)10-7-17(8-11-23)22(25)28-14-6-2;/h15-17H,5-14H2,1-4H3;1H. The number of hydrogen-bond donors (Lipinski definition) is 0. The maximum atomic E-state index is 12.4. The second-order valence-corrected chi connectivity index (χ2v) is 8.07. The van der Waals surface area contributed by atoms with Gasteiger partial charge in [0.1, 0.15) is 0 Å². The third kappa shape index (κ3) is 4.66. The molecule has 0 unspecified atom stereocenters. The third-order valence-corrected chi connectivity index (χ3v) is 6.46. The lowest BCUT2D eigenvalue weighted by atomic mass is 9.68. The number of ether oxygens (including phenoxy) is 3. The Morgan fingerprint density at radius 1 is 1.10 bits per heavy atom. The fraction of sp³-hybridized carbons (Fsp3) is 0.696. The molecule has 6 heteroatoms. The summed E-state index contributed by atoms with van der Waals surface area (Å²) in [5.41, 5.74) is 2.72. The van der Waals surface area contributed by atoms with Gasteiger partial charge in [0.05, 0.1) is 26.7 Å². The topological polar surface area (TPSA) is 48.0 Å². The predicted octanol–water partition coefficient (Wildman–Crippen LogP) is 4.73. The molecule has 0 saturated heterocycles. The van der Waals surface area contributed by atoms with E-state index in [9.17, 15) is 4.79 Å². The van der Waals surface area contributed by atoms with Crippen molar-refractivity contribution in [1.29, 1.82) is 0 Å². The molecule has 2 aliphatic rings. The van der Waals surface area contributed by atoms with Crippen LogP contribution in [0.3, 0.4) is 0 Å². The summed E-state index contributed by atoms with van der Waals surface area (Å²) in [7, 11) is 3.39. The minimum atomic E-state index is -0.0120. The van der Waals surface area contributed by atoms with Gasteiger partial charge in [0, 0.05) is 12.1 Å². The Labute approximate surface area is 181 Å². The summed E-state index contributed by atoms with van der Waals surface area (Å²) < 4.78 is 16.6. The van der Waals surface area contributed by atoms with Gasteiger partial charge < -0.3 is 14.2 Å². The van der Waals surface area contributed by atoms with E-state index in [1.54, 1.807) is 14.2 Å². The summed E-state index contributed by atoms with van der Waals surface area (Å²) in [5.74, 6) is 1.62. The van der Waals surface area contributed by atoms with Gasteiger partial charge in [-0.25, -0.2) is 0 Å². The molecule has 0 amide bonds. The highest BCUT2D eigenvalue weighted by molar-refractivity contribution is 5.85. The van der Waals surface area contributed by atoms with Crippen LogP contribution in [0, 0.1) is 5.92 Å². The van der Waals surface area contributed by atoms with E-state index in [-0.39, 0.29) is 29.8 Å². The van der Waals surface area contributed by atoms with Crippen LogP contribution in [0.4, 0.5) is 0 Å². The van der Waals surface area contributed by atoms with E-state index < -0.39 is 0 Å². The van der Waals surface area contributed by atoms with Gasteiger partial charge in [0.25, 0.3) is 0 Å². The number of nitrogens with zero attached hydrogens (tertiary/aromatic N) is 1. The minimum absolute atomic E-state index is 0. The Hall–Kier alpha value is -1.46. The second-order valence-electron chi connectivity index (χ2n) is 8.07. The molecule has 0 radical (unpaired) electrons. The summed E-state index contributed by atoms with van der Waals surface area (Å²) in [5, 5.41) is 0. The first kappa shape index (κ1) is 23.8. The molecule has 1 spiro atoms. The van der Waals surface area contributed by atoms with Crippen LogP contribution in [0.1, 0.15) is 63.5 Å². The highest BCUT2D eigenvalue weighted by atomic mass is 35.5. The molecule has 1 aliphatic heterocycles. The van der Waals surface area contributed by atoms with Crippen molar-refractivity contribution in [3.05, 3.63) is 23.3 Å². The first-order valence-corrected chi connectivity index (χ1v) is 10.8. The average Bonchev–Trinajstić information content (AvgIpc) is 2.73. The highest BCUT2D eigenvalue weighted by Gasteiger charge is 2.46. The first-order chi connectivity index (χ1) is 13.6.